The first kappa shape index (κ1) is 29.6. The van der Waals surface area contributed by atoms with Crippen LogP contribution in [0.15, 0.2) is 70.6 Å². The van der Waals surface area contributed by atoms with Crippen LogP contribution in [0.3, 0.4) is 0 Å². The van der Waals surface area contributed by atoms with Crippen LogP contribution in [0.1, 0.15) is 48.8 Å². The fourth-order valence-electron chi connectivity index (χ4n) is 5.65. The SMILES string of the molecule is CC(C)[C@H]1Cc2c(sc3c2c(=O)n(CCc2ccccc2)c2nnc(SCC(=O)N[C@@H](C)CCc4ccccc4)n32)CO1. The number of fused-ring (bicyclic) bond motifs is 5. The van der Waals surface area contributed by atoms with Crippen molar-refractivity contribution in [3.05, 3.63) is 92.6 Å². The molecule has 0 saturated heterocycles. The van der Waals surface area contributed by atoms with Gasteiger partial charge < -0.3 is 10.1 Å². The smallest absolute Gasteiger partial charge is 0.263 e. The Kier molecular flexibility index (Phi) is 8.97. The second-order valence-electron chi connectivity index (χ2n) is 11.6. The summed E-state index contributed by atoms with van der Waals surface area (Å²) >= 11 is 2.93. The van der Waals surface area contributed by atoms with Gasteiger partial charge in [0.2, 0.25) is 11.7 Å². The van der Waals surface area contributed by atoms with Gasteiger partial charge in [-0.15, -0.1) is 21.5 Å². The van der Waals surface area contributed by atoms with E-state index in [9.17, 15) is 9.59 Å². The molecule has 2 aromatic carbocycles. The minimum atomic E-state index is -0.0467. The molecule has 224 valence electrons. The number of rotatable bonds is 11. The predicted octanol–water partition coefficient (Wildman–Crippen LogP) is 5.68. The van der Waals surface area contributed by atoms with Crippen LogP contribution < -0.4 is 10.9 Å². The van der Waals surface area contributed by atoms with E-state index in [4.69, 9.17) is 4.74 Å². The number of thiophene rings is 1. The number of carbonyl (C=O) groups excluding carboxylic acids is 1. The van der Waals surface area contributed by atoms with Crippen molar-refractivity contribution in [2.45, 2.75) is 76.9 Å². The van der Waals surface area contributed by atoms with Gasteiger partial charge in [-0.1, -0.05) is 86.3 Å². The van der Waals surface area contributed by atoms with Gasteiger partial charge in [0.15, 0.2) is 5.16 Å². The van der Waals surface area contributed by atoms with Crippen molar-refractivity contribution in [1.29, 1.82) is 0 Å². The van der Waals surface area contributed by atoms with E-state index in [-0.39, 0.29) is 29.4 Å². The molecule has 0 saturated carbocycles. The summed E-state index contributed by atoms with van der Waals surface area (Å²) in [6, 6.07) is 20.5. The molecule has 1 aliphatic heterocycles. The molecule has 0 fully saturated rings. The first-order chi connectivity index (χ1) is 20.9. The van der Waals surface area contributed by atoms with Crippen LogP contribution in [0.25, 0.3) is 16.0 Å². The van der Waals surface area contributed by atoms with Crippen LogP contribution in [-0.2, 0) is 41.9 Å². The van der Waals surface area contributed by atoms with Crippen LogP contribution in [0.4, 0.5) is 0 Å². The second kappa shape index (κ2) is 13.0. The van der Waals surface area contributed by atoms with Crippen molar-refractivity contribution in [3.63, 3.8) is 0 Å². The molecular formula is C33H37N5O3S2. The van der Waals surface area contributed by atoms with Crippen molar-refractivity contribution in [1.82, 2.24) is 24.5 Å². The lowest BCUT2D eigenvalue weighted by Crippen LogP contribution is -2.34. The molecule has 0 spiro atoms. The molecule has 0 unspecified atom stereocenters. The highest BCUT2D eigenvalue weighted by molar-refractivity contribution is 7.99. The van der Waals surface area contributed by atoms with E-state index in [1.54, 1.807) is 15.9 Å². The largest absolute Gasteiger partial charge is 0.372 e. The highest BCUT2D eigenvalue weighted by atomic mass is 32.2. The van der Waals surface area contributed by atoms with Gasteiger partial charge in [0.25, 0.3) is 5.56 Å². The summed E-state index contributed by atoms with van der Waals surface area (Å²) in [4.78, 5) is 29.0. The molecule has 5 aromatic rings. The quantitative estimate of drug-likeness (QED) is 0.193. The molecule has 0 bridgehead atoms. The average molecular weight is 616 g/mol. The van der Waals surface area contributed by atoms with Gasteiger partial charge >= 0.3 is 0 Å². The molecule has 3 aromatic heterocycles. The first-order valence-corrected chi connectivity index (χ1v) is 16.7. The predicted molar refractivity (Wildman–Crippen MR) is 173 cm³/mol. The van der Waals surface area contributed by atoms with E-state index in [1.165, 1.54) is 17.3 Å². The zero-order valence-electron chi connectivity index (χ0n) is 24.8. The van der Waals surface area contributed by atoms with Crippen LogP contribution in [-0.4, -0.2) is 43.0 Å². The number of nitrogens with zero attached hydrogens (tertiary/aromatic N) is 4. The molecular weight excluding hydrogens is 579 g/mol. The van der Waals surface area contributed by atoms with Crippen molar-refractivity contribution in [2.75, 3.05) is 5.75 Å². The van der Waals surface area contributed by atoms with Crippen LogP contribution in [0, 0.1) is 5.92 Å². The Morgan fingerprint density at radius 3 is 2.44 bits per heavy atom. The second-order valence-corrected chi connectivity index (χ2v) is 13.6. The molecule has 2 atom stereocenters. The van der Waals surface area contributed by atoms with Crippen LogP contribution in [0.2, 0.25) is 0 Å². The Bertz CT molecular complexity index is 1780. The van der Waals surface area contributed by atoms with Gasteiger partial charge in [0.05, 0.1) is 23.8 Å². The van der Waals surface area contributed by atoms with E-state index in [0.717, 1.165) is 39.1 Å². The molecule has 4 heterocycles. The summed E-state index contributed by atoms with van der Waals surface area (Å²) in [5.41, 5.74) is 3.47. The third kappa shape index (κ3) is 6.41. The number of benzene rings is 2. The van der Waals surface area contributed by atoms with E-state index in [0.29, 0.717) is 42.8 Å². The van der Waals surface area contributed by atoms with Crippen LogP contribution >= 0.6 is 23.1 Å². The van der Waals surface area contributed by atoms with Crippen molar-refractivity contribution in [3.8, 4) is 0 Å². The number of thioether (sulfide) groups is 1. The van der Waals surface area contributed by atoms with Gasteiger partial charge in [-0.3, -0.25) is 14.2 Å². The van der Waals surface area contributed by atoms with Crippen LogP contribution in [0.5, 0.6) is 0 Å². The molecule has 0 radical (unpaired) electrons. The number of nitrogens with one attached hydrogen (secondary N) is 1. The molecule has 8 nitrogen and oxygen atoms in total. The lowest BCUT2D eigenvalue weighted by molar-refractivity contribution is -0.119. The van der Waals surface area contributed by atoms with Gasteiger partial charge in [-0.25, -0.2) is 4.40 Å². The van der Waals surface area contributed by atoms with Gasteiger partial charge in [0, 0.05) is 23.9 Å². The lowest BCUT2D eigenvalue weighted by Gasteiger charge is -2.26. The molecule has 10 heteroatoms. The molecule has 43 heavy (non-hydrogen) atoms. The fraction of sp³-hybridized carbons (Fsp3) is 0.394. The number of carbonyl (C=O) groups is 1. The molecule has 0 aliphatic carbocycles. The Hall–Kier alpha value is -3.47. The monoisotopic (exact) mass is 615 g/mol. The Morgan fingerprint density at radius 1 is 1.05 bits per heavy atom. The Labute approximate surface area is 259 Å². The molecule has 1 amide bonds. The van der Waals surface area contributed by atoms with Crippen molar-refractivity contribution >= 4 is 45.0 Å². The first-order valence-electron chi connectivity index (χ1n) is 14.9. The number of aryl methyl sites for hydroxylation is 3. The lowest BCUT2D eigenvalue weighted by atomic mass is 9.96. The maximum Gasteiger partial charge on any atom is 0.263 e. The summed E-state index contributed by atoms with van der Waals surface area (Å²) < 4.78 is 9.89. The maximum absolute atomic E-state index is 14.1. The standard InChI is InChI=1S/C33H37N5O3S2/c1-21(2)26-18-25-27(19-41-26)43-31-29(25)30(40)37(17-16-24-12-8-5-9-13-24)32-35-36-33(38(31)32)42-20-28(39)34-22(3)14-15-23-10-6-4-7-11-23/h4-13,21-22,26H,14-20H2,1-3H3,(H,34,39)/t22-,26+/m0/s1. The third-order valence-electron chi connectivity index (χ3n) is 8.08. The summed E-state index contributed by atoms with van der Waals surface area (Å²) in [6.07, 6.45) is 3.25. The average Bonchev–Trinajstić information content (AvgIpc) is 3.61. The van der Waals surface area contributed by atoms with E-state index < -0.39 is 0 Å². The van der Waals surface area contributed by atoms with Gasteiger partial charge in [-0.2, -0.15) is 0 Å². The topological polar surface area (TPSA) is 90.5 Å². The minimum Gasteiger partial charge on any atom is -0.372 e. The van der Waals surface area contributed by atoms with Gasteiger partial charge in [-0.05, 0) is 48.8 Å². The summed E-state index contributed by atoms with van der Waals surface area (Å²) in [5, 5.41) is 13.5. The van der Waals surface area contributed by atoms with E-state index in [2.05, 4.69) is 53.6 Å². The summed E-state index contributed by atoms with van der Waals surface area (Å²) in [7, 11) is 0. The Balaban J connectivity index is 1.28. The van der Waals surface area contributed by atoms with E-state index >= 15 is 0 Å². The molecule has 1 aliphatic rings. The van der Waals surface area contributed by atoms with Crippen molar-refractivity contribution in [2.24, 2.45) is 5.92 Å². The number of hydrogen-bond donors (Lipinski definition) is 1. The van der Waals surface area contributed by atoms with Crippen molar-refractivity contribution < 1.29 is 9.53 Å². The molecule has 6 rings (SSSR count). The summed E-state index contributed by atoms with van der Waals surface area (Å²) in [6.45, 7) is 7.33. The zero-order valence-corrected chi connectivity index (χ0v) is 26.4. The zero-order chi connectivity index (χ0) is 29.9. The number of hydrogen-bond acceptors (Lipinski definition) is 7. The number of ether oxygens (including phenoxy) is 1. The fourth-order valence-corrected chi connectivity index (χ4v) is 7.69. The summed E-state index contributed by atoms with van der Waals surface area (Å²) in [5.74, 6) is 1.02. The minimum absolute atomic E-state index is 0.0331. The number of aromatic nitrogens is 4. The third-order valence-corrected chi connectivity index (χ3v) is 10.2. The number of amides is 1. The highest BCUT2D eigenvalue weighted by Gasteiger charge is 2.30. The van der Waals surface area contributed by atoms with E-state index in [1.807, 2.05) is 47.7 Å². The van der Waals surface area contributed by atoms with Gasteiger partial charge in [0.1, 0.15) is 4.83 Å². The normalized spacial score (nSPS) is 15.7. The Morgan fingerprint density at radius 2 is 1.74 bits per heavy atom. The maximum atomic E-state index is 14.1. The highest BCUT2D eigenvalue weighted by Crippen LogP contribution is 2.37. The molecule has 1 N–H and O–H groups in total.